The molecule has 0 bridgehead atoms. The number of benzene rings is 1. The summed E-state index contributed by atoms with van der Waals surface area (Å²) in [4.78, 5) is 65.3. The molecule has 0 heterocycles. The Kier molecular flexibility index (Phi) is 4.15. The van der Waals surface area contributed by atoms with Gasteiger partial charge >= 0.3 is 0 Å². The lowest BCUT2D eigenvalue weighted by molar-refractivity contribution is -0.197. The summed E-state index contributed by atoms with van der Waals surface area (Å²) in [6.07, 6.45) is -0.270. The molecule has 2 saturated carbocycles. The molecular weight excluding hydrogens is 400 g/mol. The highest BCUT2D eigenvalue weighted by Crippen LogP contribution is 2.66. The van der Waals surface area contributed by atoms with E-state index in [0.717, 1.165) is 6.92 Å². The molecule has 1 aromatic carbocycles. The van der Waals surface area contributed by atoms with Gasteiger partial charge in [0.1, 0.15) is 17.5 Å². The second kappa shape index (κ2) is 5.97. The molecule has 0 amide bonds. The van der Waals surface area contributed by atoms with Crippen LogP contribution in [-0.2, 0) is 24.6 Å². The molecule has 1 aromatic rings. The van der Waals surface area contributed by atoms with Crippen molar-refractivity contribution in [3.05, 3.63) is 29.3 Å². The third-order valence-corrected chi connectivity index (χ3v) is 8.45. The van der Waals surface area contributed by atoms with E-state index in [0.29, 0.717) is 5.56 Å². The van der Waals surface area contributed by atoms with Gasteiger partial charge in [-0.15, -0.1) is 0 Å². The molecule has 2 fully saturated rings. The van der Waals surface area contributed by atoms with Crippen LogP contribution in [0.25, 0.3) is 0 Å². The molecule has 2 unspecified atom stereocenters. The third-order valence-electron chi connectivity index (χ3n) is 8.45. The maximum absolute atomic E-state index is 13.8. The topological polar surface area (TPSA) is 126 Å². The van der Waals surface area contributed by atoms with E-state index in [9.17, 15) is 34.2 Å². The third kappa shape index (κ3) is 2.25. The van der Waals surface area contributed by atoms with Gasteiger partial charge in [0.05, 0.1) is 11.5 Å². The lowest BCUT2D eigenvalue weighted by Gasteiger charge is -2.63. The van der Waals surface area contributed by atoms with Crippen molar-refractivity contribution in [2.24, 2.45) is 22.7 Å². The summed E-state index contributed by atoms with van der Waals surface area (Å²) in [7, 11) is 0. The van der Waals surface area contributed by atoms with Crippen molar-refractivity contribution in [1.29, 1.82) is 0 Å². The molecule has 0 saturated heterocycles. The SMILES string of the molecule is CC(=O)C1C(=O)C[C@@]2(C)C[C@]3(C)C(C(=O)c4c(O)cccc4C3(C)C)C(=O)[C@@]2(O)C1=O. The van der Waals surface area contributed by atoms with E-state index in [4.69, 9.17) is 0 Å². The molecule has 0 aliphatic heterocycles. The van der Waals surface area contributed by atoms with Gasteiger partial charge in [0.15, 0.2) is 28.7 Å². The average molecular weight is 426 g/mol. The fourth-order valence-electron chi connectivity index (χ4n) is 6.46. The first-order chi connectivity index (χ1) is 14.1. The largest absolute Gasteiger partial charge is 0.507 e. The van der Waals surface area contributed by atoms with Gasteiger partial charge in [-0.2, -0.15) is 0 Å². The minimum atomic E-state index is -2.63. The van der Waals surface area contributed by atoms with E-state index >= 15 is 0 Å². The summed E-state index contributed by atoms with van der Waals surface area (Å²) >= 11 is 0. The molecule has 4 rings (SSSR count). The summed E-state index contributed by atoms with van der Waals surface area (Å²) < 4.78 is 0. The molecule has 0 aromatic heterocycles. The van der Waals surface area contributed by atoms with Crippen LogP contribution in [0.2, 0.25) is 0 Å². The molecule has 0 radical (unpaired) electrons. The summed E-state index contributed by atoms with van der Waals surface area (Å²) in [5.41, 5.74) is -5.34. The van der Waals surface area contributed by atoms with Crippen LogP contribution in [0.5, 0.6) is 5.75 Å². The Labute approximate surface area is 179 Å². The number of hydrogen-bond donors (Lipinski definition) is 2. The maximum atomic E-state index is 13.8. The van der Waals surface area contributed by atoms with Crippen LogP contribution >= 0.6 is 0 Å². The molecule has 164 valence electrons. The van der Waals surface area contributed by atoms with E-state index < -0.39 is 62.6 Å². The van der Waals surface area contributed by atoms with Crippen molar-refractivity contribution in [3.63, 3.8) is 0 Å². The standard InChI is InChI=1S/C24H26O7/c1-11(25)15-14(27)9-22(4)10-23(5)17(20(30)24(22,31)19(15)29)18(28)16-12(21(23,2)3)7-6-8-13(16)26/h6-8,15,17,26,31H,9-10H2,1-5H3/t15?,17?,22-,23+,24-/m0/s1. The van der Waals surface area contributed by atoms with Gasteiger partial charge in [0, 0.05) is 11.8 Å². The molecule has 2 N–H and O–H groups in total. The maximum Gasteiger partial charge on any atom is 0.190 e. The van der Waals surface area contributed by atoms with Crippen molar-refractivity contribution in [3.8, 4) is 5.75 Å². The van der Waals surface area contributed by atoms with Crippen LogP contribution in [0.15, 0.2) is 18.2 Å². The number of Topliss-reactive ketones (excluding diaryl/α,β-unsaturated/α-hetero) is 5. The van der Waals surface area contributed by atoms with E-state index in [1.54, 1.807) is 19.1 Å². The first kappa shape index (κ1) is 21.6. The van der Waals surface area contributed by atoms with Gasteiger partial charge in [-0.25, -0.2) is 0 Å². The van der Waals surface area contributed by atoms with Gasteiger partial charge in [-0.05, 0) is 35.8 Å². The number of ketones is 5. The highest BCUT2D eigenvalue weighted by molar-refractivity contribution is 6.32. The van der Waals surface area contributed by atoms with Gasteiger partial charge < -0.3 is 10.2 Å². The number of carbonyl (C=O) groups excluding carboxylic acids is 5. The quantitative estimate of drug-likeness (QED) is 0.657. The highest BCUT2D eigenvalue weighted by atomic mass is 16.3. The molecule has 3 aliphatic rings. The van der Waals surface area contributed by atoms with E-state index in [1.165, 1.54) is 13.0 Å². The van der Waals surface area contributed by atoms with Crippen molar-refractivity contribution < 1.29 is 34.2 Å². The van der Waals surface area contributed by atoms with Gasteiger partial charge in [0.2, 0.25) is 0 Å². The van der Waals surface area contributed by atoms with Crippen LogP contribution in [-0.4, -0.2) is 44.7 Å². The van der Waals surface area contributed by atoms with Gasteiger partial charge in [-0.1, -0.05) is 39.8 Å². The second-order valence-electron chi connectivity index (χ2n) is 10.4. The first-order valence-corrected chi connectivity index (χ1v) is 10.4. The second-order valence-corrected chi connectivity index (χ2v) is 10.4. The predicted octanol–water partition coefficient (Wildman–Crippen LogP) is 1.95. The van der Waals surface area contributed by atoms with Crippen LogP contribution in [0.1, 0.15) is 63.4 Å². The lowest BCUT2D eigenvalue weighted by atomic mass is 9.38. The van der Waals surface area contributed by atoms with Gasteiger partial charge in [0.25, 0.3) is 0 Å². The molecule has 31 heavy (non-hydrogen) atoms. The fraction of sp³-hybridized carbons (Fsp3) is 0.542. The Hall–Kier alpha value is -2.67. The van der Waals surface area contributed by atoms with Crippen molar-refractivity contribution >= 4 is 28.9 Å². The van der Waals surface area contributed by atoms with Crippen molar-refractivity contribution in [2.75, 3.05) is 0 Å². The molecule has 7 heteroatoms. The minimum Gasteiger partial charge on any atom is -0.507 e. The highest BCUT2D eigenvalue weighted by Gasteiger charge is 2.75. The minimum absolute atomic E-state index is 0.0120. The summed E-state index contributed by atoms with van der Waals surface area (Å²) in [5, 5.41) is 22.0. The van der Waals surface area contributed by atoms with Crippen LogP contribution in [0.3, 0.4) is 0 Å². The normalized spacial score (nSPS) is 38.9. The fourth-order valence-corrected chi connectivity index (χ4v) is 6.46. The lowest BCUT2D eigenvalue weighted by Crippen LogP contribution is -2.75. The number of hydrogen-bond acceptors (Lipinski definition) is 7. The summed E-state index contributed by atoms with van der Waals surface area (Å²) in [5.74, 6) is -7.50. The predicted molar refractivity (Wildman–Crippen MR) is 109 cm³/mol. The molecule has 5 atom stereocenters. The van der Waals surface area contributed by atoms with E-state index in [-0.39, 0.29) is 24.2 Å². The number of carbonyl (C=O) groups is 5. The van der Waals surface area contributed by atoms with Crippen molar-refractivity contribution in [1.82, 2.24) is 0 Å². The zero-order chi connectivity index (χ0) is 23.3. The summed E-state index contributed by atoms with van der Waals surface area (Å²) in [6, 6.07) is 4.71. The molecule has 0 spiro atoms. The Bertz CT molecular complexity index is 1100. The van der Waals surface area contributed by atoms with E-state index in [1.807, 2.05) is 13.8 Å². The Balaban J connectivity index is 2.00. The molecule has 7 nitrogen and oxygen atoms in total. The Morgan fingerprint density at radius 2 is 1.65 bits per heavy atom. The molecule has 3 aliphatic carbocycles. The van der Waals surface area contributed by atoms with Crippen molar-refractivity contribution in [2.45, 2.75) is 58.5 Å². The first-order valence-electron chi connectivity index (χ1n) is 10.4. The summed E-state index contributed by atoms with van der Waals surface area (Å²) in [6.45, 7) is 8.06. The Morgan fingerprint density at radius 3 is 2.23 bits per heavy atom. The van der Waals surface area contributed by atoms with Crippen LogP contribution in [0, 0.1) is 22.7 Å². The molecular formula is C24H26O7. The van der Waals surface area contributed by atoms with Crippen LogP contribution < -0.4 is 0 Å². The number of phenolic OH excluding ortho intramolecular Hbond substituents is 1. The zero-order valence-corrected chi connectivity index (χ0v) is 18.2. The zero-order valence-electron chi connectivity index (χ0n) is 18.2. The smallest absolute Gasteiger partial charge is 0.190 e. The number of phenols is 1. The van der Waals surface area contributed by atoms with E-state index in [2.05, 4.69) is 0 Å². The van der Waals surface area contributed by atoms with Crippen LogP contribution in [0.4, 0.5) is 0 Å². The van der Waals surface area contributed by atoms with Gasteiger partial charge in [-0.3, -0.25) is 24.0 Å². The monoisotopic (exact) mass is 426 g/mol. The number of aromatic hydroxyl groups is 1. The average Bonchev–Trinajstić information content (AvgIpc) is 2.63. The Morgan fingerprint density at radius 1 is 1.03 bits per heavy atom. The number of aliphatic hydroxyl groups is 1. The number of rotatable bonds is 1. The number of fused-ring (bicyclic) bond motifs is 3.